The summed E-state index contributed by atoms with van der Waals surface area (Å²) in [5.41, 5.74) is -0.609. The molecule has 2 rings (SSSR count). The topological polar surface area (TPSA) is 87.2 Å². The number of hydrogen-bond donors (Lipinski definition) is 1. The summed E-state index contributed by atoms with van der Waals surface area (Å²) in [6.07, 6.45) is 3.15. The molecule has 7 nitrogen and oxygen atoms in total. The molecule has 0 saturated carbocycles. The predicted octanol–water partition coefficient (Wildman–Crippen LogP) is 2.10. The second kappa shape index (κ2) is 7.40. The summed E-state index contributed by atoms with van der Waals surface area (Å²) in [6.45, 7) is 6.69. The summed E-state index contributed by atoms with van der Waals surface area (Å²) in [6, 6.07) is -0.541. The summed E-state index contributed by atoms with van der Waals surface area (Å²) in [7, 11) is 0. The van der Waals surface area contributed by atoms with Crippen LogP contribution < -0.4 is 0 Å². The van der Waals surface area contributed by atoms with Gasteiger partial charge in [-0.25, -0.2) is 4.79 Å². The molecule has 0 radical (unpaired) electrons. The van der Waals surface area contributed by atoms with E-state index < -0.39 is 29.6 Å². The number of carboxylic acids is 1. The molecule has 24 heavy (non-hydrogen) atoms. The van der Waals surface area contributed by atoms with E-state index in [-0.39, 0.29) is 12.5 Å². The van der Waals surface area contributed by atoms with E-state index in [9.17, 15) is 19.5 Å². The van der Waals surface area contributed by atoms with Gasteiger partial charge in [-0.3, -0.25) is 14.5 Å². The quantitative estimate of drug-likeness (QED) is 0.832. The number of carbonyl (C=O) groups excluding carboxylic acids is 2. The Morgan fingerprint density at radius 2 is 1.75 bits per heavy atom. The van der Waals surface area contributed by atoms with E-state index in [1.165, 1.54) is 4.90 Å². The minimum absolute atomic E-state index is 0.147. The van der Waals surface area contributed by atoms with Gasteiger partial charge in [-0.1, -0.05) is 0 Å². The summed E-state index contributed by atoms with van der Waals surface area (Å²) < 4.78 is 5.43. The fourth-order valence-corrected chi connectivity index (χ4v) is 3.32. The van der Waals surface area contributed by atoms with Crippen molar-refractivity contribution >= 4 is 18.0 Å². The maximum absolute atomic E-state index is 12.9. The van der Waals surface area contributed by atoms with Crippen molar-refractivity contribution in [2.75, 3.05) is 19.6 Å². The second-order valence-electron chi connectivity index (χ2n) is 7.65. The third-order valence-electron chi connectivity index (χ3n) is 4.50. The van der Waals surface area contributed by atoms with Gasteiger partial charge in [-0.2, -0.15) is 0 Å². The first-order valence-corrected chi connectivity index (χ1v) is 8.70. The standard InChI is InChI=1S/C17H28N2O5/c1-17(2,3)24-16(23)19-10-5-4-8-13(19)14(20)18-9-6-7-12(11-18)15(21)22/h12-13H,4-11H2,1-3H3,(H,21,22). The summed E-state index contributed by atoms with van der Waals surface area (Å²) in [4.78, 5) is 39.6. The minimum Gasteiger partial charge on any atom is -0.481 e. The highest BCUT2D eigenvalue weighted by atomic mass is 16.6. The van der Waals surface area contributed by atoms with E-state index in [4.69, 9.17) is 4.74 Å². The number of carboxylic acid groups (broad SMARTS) is 1. The zero-order valence-corrected chi connectivity index (χ0v) is 14.8. The van der Waals surface area contributed by atoms with Crippen LogP contribution in [0, 0.1) is 5.92 Å². The largest absolute Gasteiger partial charge is 0.481 e. The van der Waals surface area contributed by atoms with Crippen LogP contribution in [0.2, 0.25) is 0 Å². The van der Waals surface area contributed by atoms with Crippen LogP contribution in [-0.4, -0.2) is 64.2 Å². The minimum atomic E-state index is -0.861. The zero-order valence-electron chi connectivity index (χ0n) is 14.8. The SMILES string of the molecule is CC(C)(C)OC(=O)N1CCCCC1C(=O)N1CCCC(C(=O)O)C1. The zero-order chi connectivity index (χ0) is 17.9. The highest BCUT2D eigenvalue weighted by Crippen LogP contribution is 2.24. The van der Waals surface area contributed by atoms with Crippen LogP contribution in [0.3, 0.4) is 0 Å². The number of ether oxygens (including phenoxy) is 1. The number of carbonyl (C=O) groups is 3. The number of nitrogens with zero attached hydrogens (tertiary/aromatic N) is 2. The molecule has 7 heteroatoms. The summed E-state index contributed by atoms with van der Waals surface area (Å²) in [5, 5.41) is 9.19. The maximum Gasteiger partial charge on any atom is 0.410 e. The first kappa shape index (κ1) is 18.5. The molecule has 0 spiro atoms. The van der Waals surface area contributed by atoms with Crippen molar-refractivity contribution in [2.45, 2.75) is 64.5 Å². The van der Waals surface area contributed by atoms with Crippen molar-refractivity contribution < 1.29 is 24.2 Å². The van der Waals surface area contributed by atoms with Crippen LogP contribution in [-0.2, 0) is 14.3 Å². The van der Waals surface area contributed by atoms with Crippen molar-refractivity contribution in [3.8, 4) is 0 Å². The lowest BCUT2D eigenvalue weighted by Crippen LogP contribution is -2.56. The Labute approximate surface area is 142 Å². The maximum atomic E-state index is 12.9. The predicted molar refractivity (Wildman–Crippen MR) is 87.5 cm³/mol. The molecule has 2 amide bonds. The van der Waals surface area contributed by atoms with Crippen molar-refractivity contribution in [1.82, 2.24) is 9.80 Å². The van der Waals surface area contributed by atoms with E-state index >= 15 is 0 Å². The summed E-state index contributed by atoms with van der Waals surface area (Å²) in [5.74, 6) is -1.52. The second-order valence-corrected chi connectivity index (χ2v) is 7.65. The van der Waals surface area contributed by atoms with Gasteiger partial charge in [0.05, 0.1) is 5.92 Å². The third kappa shape index (κ3) is 4.61. The Kier molecular flexibility index (Phi) is 5.72. The smallest absolute Gasteiger partial charge is 0.410 e. The Balaban J connectivity index is 2.07. The Morgan fingerprint density at radius 1 is 1.04 bits per heavy atom. The average Bonchev–Trinajstić information content (AvgIpc) is 2.52. The van der Waals surface area contributed by atoms with Gasteiger partial charge in [-0.15, -0.1) is 0 Å². The number of likely N-dealkylation sites (tertiary alicyclic amines) is 2. The molecular formula is C17H28N2O5. The number of piperidine rings is 2. The molecule has 0 bridgehead atoms. The molecule has 2 saturated heterocycles. The van der Waals surface area contributed by atoms with Gasteiger partial charge < -0.3 is 14.7 Å². The number of rotatable bonds is 2. The normalized spacial score (nSPS) is 25.3. The molecule has 2 unspecified atom stereocenters. The lowest BCUT2D eigenvalue weighted by atomic mass is 9.95. The van der Waals surface area contributed by atoms with Crippen molar-refractivity contribution in [3.63, 3.8) is 0 Å². The Hall–Kier alpha value is -1.79. The highest BCUT2D eigenvalue weighted by molar-refractivity contribution is 5.86. The van der Waals surface area contributed by atoms with Gasteiger partial charge in [-0.05, 0) is 52.9 Å². The van der Waals surface area contributed by atoms with E-state index in [0.29, 0.717) is 32.4 Å². The molecule has 136 valence electrons. The number of hydrogen-bond acceptors (Lipinski definition) is 4. The van der Waals surface area contributed by atoms with E-state index in [2.05, 4.69) is 0 Å². The van der Waals surface area contributed by atoms with Gasteiger partial charge in [0.25, 0.3) is 0 Å². The molecule has 2 fully saturated rings. The molecule has 2 atom stereocenters. The fraction of sp³-hybridized carbons (Fsp3) is 0.824. The number of aliphatic carboxylic acids is 1. The summed E-state index contributed by atoms with van der Waals surface area (Å²) >= 11 is 0. The molecule has 0 aliphatic carbocycles. The Bertz CT molecular complexity index is 500. The first-order valence-electron chi connectivity index (χ1n) is 8.70. The first-order chi connectivity index (χ1) is 11.2. The van der Waals surface area contributed by atoms with Gasteiger partial charge in [0.2, 0.25) is 5.91 Å². The molecule has 0 aromatic carbocycles. The van der Waals surface area contributed by atoms with Crippen LogP contribution in [0.5, 0.6) is 0 Å². The van der Waals surface area contributed by atoms with Crippen molar-refractivity contribution in [3.05, 3.63) is 0 Å². The molecule has 0 aromatic rings. The fourth-order valence-electron chi connectivity index (χ4n) is 3.32. The molecule has 2 aliphatic rings. The van der Waals surface area contributed by atoms with E-state index in [0.717, 1.165) is 12.8 Å². The van der Waals surface area contributed by atoms with E-state index in [1.807, 2.05) is 0 Å². The van der Waals surface area contributed by atoms with Crippen LogP contribution in [0.1, 0.15) is 52.9 Å². The molecular weight excluding hydrogens is 312 g/mol. The molecule has 2 aliphatic heterocycles. The van der Waals surface area contributed by atoms with Gasteiger partial charge in [0, 0.05) is 19.6 Å². The number of amides is 2. The van der Waals surface area contributed by atoms with Crippen LogP contribution in [0.15, 0.2) is 0 Å². The lowest BCUT2D eigenvalue weighted by Gasteiger charge is -2.40. The van der Waals surface area contributed by atoms with Gasteiger partial charge in [0.15, 0.2) is 0 Å². The Morgan fingerprint density at radius 3 is 2.38 bits per heavy atom. The van der Waals surface area contributed by atoms with Crippen molar-refractivity contribution in [1.29, 1.82) is 0 Å². The average molecular weight is 340 g/mol. The van der Waals surface area contributed by atoms with Crippen LogP contribution in [0.25, 0.3) is 0 Å². The highest BCUT2D eigenvalue weighted by Gasteiger charge is 2.38. The lowest BCUT2D eigenvalue weighted by molar-refractivity contribution is -0.147. The van der Waals surface area contributed by atoms with Crippen LogP contribution >= 0.6 is 0 Å². The third-order valence-corrected chi connectivity index (χ3v) is 4.50. The molecule has 2 heterocycles. The van der Waals surface area contributed by atoms with Crippen molar-refractivity contribution in [2.24, 2.45) is 5.92 Å². The van der Waals surface area contributed by atoms with Crippen LogP contribution in [0.4, 0.5) is 4.79 Å². The van der Waals surface area contributed by atoms with Gasteiger partial charge in [0.1, 0.15) is 11.6 Å². The monoisotopic (exact) mass is 340 g/mol. The molecule has 0 aromatic heterocycles. The van der Waals surface area contributed by atoms with Gasteiger partial charge >= 0.3 is 12.1 Å². The molecule has 1 N–H and O–H groups in total. The van der Waals surface area contributed by atoms with E-state index in [1.54, 1.807) is 25.7 Å².